The molecule has 5 heteroatoms. The number of anilines is 2. The Morgan fingerprint density at radius 2 is 2.00 bits per heavy atom. The van der Waals surface area contributed by atoms with Crippen molar-refractivity contribution in [1.82, 2.24) is 9.97 Å². The van der Waals surface area contributed by atoms with E-state index in [0.717, 1.165) is 29.8 Å². The Bertz CT molecular complexity index is 623. The number of aryl methyl sites for hydroxylation is 2. The smallest absolute Gasteiger partial charge is 0.275 e. The van der Waals surface area contributed by atoms with Gasteiger partial charge in [-0.2, -0.15) is 0 Å². The van der Waals surface area contributed by atoms with E-state index in [9.17, 15) is 4.79 Å². The molecular weight excluding hydrogens is 264 g/mol. The van der Waals surface area contributed by atoms with Gasteiger partial charge in [0.1, 0.15) is 11.5 Å². The van der Waals surface area contributed by atoms with E-state index in [4.69, 9.17) is 0 Å². The maximum atomic E-state index is 12.3. The van der Waals surface area contributed by atoms with Gasteiger partial charge in [0.05, 0.1) is 12.4 Å². The number of para-hydroxylation sites is 1. The molecule has 1 aromatic carbocycles. The van der Waals surface area contributed by atoms with Crippen molar-refractivity contribution in [1.29, 1.82) is 0 Å². The van der Waals surface area contributed by atoms with Crippen LogP contribution in [-0.4, -0.2) is 22.4 Å². The van der Waals surface area contributed by atoms with Crippen LogP contribution < -0.4 is 10.6 Å². The number of nitrogens with one attached hydrogen (secondary N) is 2. The second-order valence-corrected chi connectivity index (χ2v) is 4.73. The summed E-state index contributed by atoms with van der Waals surface area (Å²) in [5.41, 5.74) is 3.32. The summed E-state index contributed by atoms with van der Waals surface area (Å²) in [6.07, 6.45) is 3.91. The van der Waals surface area contributed by atoms with Crippen LogP contribution >= 0.6 is 0 Å². The first-order valence-electron chi connectivity index (χ1n) is 7.11. The number of hydrogen-bond donors (Lipinski definition) is 2. The number of amides is 1. The highest BCUT2D eigenvalue weighted by Gasteiger charge is 2.12. The van der Waals surface area contributed by atoms with Gasteiger partial charge in [-0.15, -0.1) is 0 Å². The summed E-state index contributed by atoms with van der Waals surface area (Å²) in [4.78, 5) is 20.6. The molecule has 2 aromatic rings. The molecule has 110 valence electrons. The molecule has 0 aliphatic heterocycles. The number of carbonyl (C=O) groups is 1. The molecule has 0 aliphatic rings. The van der Waals surface area contributed by atoms with Crippen molar-refractivity contribution in [3.63, 3.8) is 0 Å². The van der Waals surface area contributed by atoms with Gasteiger partial charge in [-0.1, -0.05) is 25.1 Å². The quantitative estimate of drug-likeness (QED) is 0.885. The molecule has 1 heterocycles. The van der Waals surface area contributed by atoms with Crippen molar-refractivity contribution in [2.24, 2.45) is 0 Å². The number of nitrogens with zero attached hydrogens (tertiary/aromatic N) is 2. The Morgan fingerprint density at radius 1 is 1.19 bits per heavy atom. The number of carbonyl (C=O) groups excluding carboxylic acids is 1. The monoisotopic (exact) mass is 284 g/mol. The number of hydrogen-bond acceptors (Lipinski definition) is 4. The van der Waals surface area contributed by atoms with Crippen molar-refractivity contribution in [2.45, 2.75) is 27.2 Å². The molecule has 0 aliphatic carbocycles. The fourth-order valence-electron chi connectivity index (χ4n) is 2.10. The molecule has 5 nitrogen and oxygen atoms in total. The van der Waals surface area contributed by atoms with E-state index < -0.39 is 0 Å². The van der Waals surface area contributed by atoms with E-state index in [2.05, 4.69) is 27.5 Å². The molecule has 0 unspecified atom stereocenters. The van der Waals surface area contributed by atoms with Crippen LogP contribution in [0.1, 0.15) is 35.5 Å². The number of aromatic nitrogens is 2. The van der Waals surface area contributed by atoms with E-state index in [1.54, 1.807) is 6.20 Å². The highest BCUT2D eigenvalue weighted by Crippen LogP contribution is 2.21. The molecule has 0 bridgehead atoms. The Balaban J connectivity index is 2.18. The maximum absolute atomic E-state index is 12.3. The predicted molar refractivity (Wildman–Crippen MR) is 84.7 cm³/mol. The lowest BCUT2D eigenvalue weighted by molar-refractivity contribution is 0.102. The van der Waals surface area contributed by atoms with Crippen LogP contribution in [-0.2, 0) is 6.42 Å². The van der Waals surface area contributed by atoms with Gasteiger partial charge in [-0.3, -0.25) is 4.79 Å². The van der Waals surface area contributed by atoms with Crippen LogP contribution in [0, 0.1) is 6.92 Å². The van der Waals surface area contributed by atoms with Gasteiger partial charge in [-0.25, -0.2) is 9.97 Å². The molecule has 2 N–H and O–H groups in total. The van der Waals surface area contributed by atoms with Gasteiger partial charge in [-0.05, 0) is 31.4 Å². The third-order valence-corrected chi connectivity index (χ3v) is 3.22. The summed E-state index contributed by atoms with van der Waals surface area (Å²) in [5, 5.41) is 5.98. The lowest BCUT2D eigenvalue weighted by Crippen LogP contribution is -2.16. The van der Waals surface area contributed by atoms with Crippen LogP contribution in [0.25, 0.3) is 0 Å². The molecule has 2 rings (SSSR count). The van der Waals surface area contributed by atoms with Crippen LogP contribution in [0.3, 0.4) is 0 Å². The van der Waals surface area contributed by atoms with Gasteiger partial charge < -0.3 is 10.6 Å². The first kappa shape index (κ1) is 15.0. The summed E-state index contributed by atoms with van der Waals surface area (Å²) in [5.74, 6) is 0.425. The van der Waals surface area contributed by atoms with Crippen LogP contribution in [0.15, 0.2) is 30.6 Å². The van der Waals surface area contributed by atoms with Gasteiger partial charge in [0, 0.05) is 12.2 Å². The summed E-state index contributed by atoms with van der Waals surface area (Å²) in [6, 6.07) is 5.99. The summed E-state index contributed by atoms with van der Waals surface area (Å²) < 4.78 is 0. The largest absolute Gasteiger partial charge is 0.369 e. The van der Waals surface area contributed by atoms with E-state index in [-0.39, 0.29) is 5.91 Å². The third kappa shape index (κ3) is 3.56. The highest BCUT2D eigenvalue weighted by atomic mass is 16.1. The first-order valence-corrected chi connectivity index (χ1v) is 7.11. The van der Waals surface area contributed by atoms with E-state index in [1.165, 1.54) is 6.20 Å². The second kappa shape index (κ2) is 6.83. The molecule has 0 spiro atoms. The van der Waals surface area contributed by atoms with Gasteiger partial charge in [0.2, 0.25) is 0 Å². The lowest BCUT2D eigenvalue weighted by atomic mass is 10.1. The Kier molecular flexibility index (Phi) is 4.87. The molecule has 0 atom stereocenters. The summed E-state index contributed by atoms with van der Waals surface area (Å²) in [6.45, 7) is 6.79. The predicted octanol–water partition coefficient (Wildman–Crippen LogP) is 3.03. The third-order valence-electron chi connectivity index (χ3n) is 3.22. The number of benzene rings is 1. The standard InChI is InChI=1S/C16H20N4O/c1-4-12-8-6-7-11(3)15(12)20-16(21)13-9-19-14(10-18-13)17-5-2/h6-10H,4-5H2,1-3H3,(H,17,19)(H,20,21). The van der Waals surface area contributed by atoms with Crippen molar-refractivity contribution in [2.75, 3.05) is 17.2 Å². The maximum Gasteiger partial charge on any atom is 0.275 e. The van der Waals surface area contributed by atoms with Gasteiger partial charge >= 0.3 is 0 Å². The zero-order chi connectivity index (χ0) is 15.2. The average molecular weight is 284 g/mol. The molecule has 0 radical (unpaired) electrons. The average Bonchev–Trinajstić information content (AvgIpc) is 2.50. The minimum absolute atomic E-state index is 0.241. The van der Waals surface area contributed by atoms with E-state index >= 15 is 0 Å². The Labute approximate surface area is 124 Å². The molecular formula is C16H20N4O. The van der Waals surface area contributed by atoms with Crippen molar-refractivity contribution >= 4 is 17.4 Å². The lowest BCUT2D eigenvalue weighted by Gasteiger charge is -2.12. The SMILES string of the molecule is CCNc1cnc(C(=O)Nc2c(C)cccc2CC)cn1. The minimum Gasteiger partial charge on any atom is -0.369 e. The molecule has 1 amide bonds. The van der Waals surface area contributed by atoms with Crippen LogP contribution in [0.4, 0.5) is 11.5 Å². The Hall–Kier alpha value is -2.43. The van der Waals surface area contributed by atoms with Crippen molar-refractivity contribution < 1.29 is 4.79 Å². The van der Waals surface area contributed by atoms with Gasteiger partial charge in [0.15, 0.2) is 0 Å². The zero-order valence-electron chi connectivity index (χ0n) is 12.6. The Morgan fingerprint density at radius 3 is 2.62 bits per heavy atom. The van der Waals surface area contributed by atoms with E-state index in [0.29, 0.717) is 11.5 Å². The fourth-order valence-corrected chi connectivity index (χ4v) is 2.10. The summed E-state index contributed by atoms with van der Waals surface area (Å²) >= 11 is 0. The molecule has 0 fully saturated rings. The molecule has 0 saturated heterocycles. The number of rotatable bonds is 5. The van der Waals surface area contributed by atoms with E-state index in [1.807, 2.05) is 32.0 Å². The first-order chi connectivity index (χ1) is 10.2. The molecule has 21 heavy (non-hydrogen) atoms. The van der Waals surface area contributed by atoms with Crippen molar-refractivity contribution in [3.8, 4) is 0 Å². The van der Waals surface area contributed by atoms with Crippen LogP contribution in [0.2, 0.25) is 0 Å². The van der Waals surface area contributed by atoms with Crippen LogP contribution in [0.5, 0.6) is 0 Å². The second-order valence-electron chi connectivity index (χ2n) is 4.73. The van der Waals surface area contributed by atoms with Gasteiger partial charge in [0.25, 0.3) is 5.91 Å². The molecule has 0 saturated carbocycles. The topological polar surface area (TPSA) is 66.9 Å². The normalized spacial score (nSPS) is 10.2. The minimum atomic E-state index is -0.241. The fraction of sp³-hybridized carbons (Fsp3) is 0.312. The molecule has 1 aromatic heterocycles. The zero-order valence-corrected chi connectivity index (χ0v) is 12.6. The summed E-state index contributed by atoms with van der Waals surface area (Å²) in [7, 11) is 0. The highest BCUT2D eigenvalue weighted by molar-refractivity contribution is 6.03. The van der Waals surface area contributed by atoms with Crippen molar-refractivity contribution in [3.05, 3.63) is 47.4 Å².